The molecule has 1 aromatic heterocycles. The molecule has 0 atom stereocenters. The van der Waals surface area contributed by atoms with Crippen LogP contribution in [0.15, 0.2) is 12.4 Å². The van der Waals surface area contributed by atoms with Crippen LogP contribution in [0, 0.1) is 0 Å². The van der Waals surface area contributed by atoms with Gasteiger partial charge in [0.1, 0.15) is 11.5 Å². The number of nitrogens with zero attached hydrogens (tertiary/aromatic N) is 2. The summed E-state index contributed by atoms with van der Waals surface area (Å²) in [5.74, 6) is 1.36. The van der Waals surface area contributed by atoms with E-state index in [2.05, 4.69) is 20.6 Å². The van der Waals surface area contributed by atoms with Crippen molar-refractivity contribution in [1.82, 2.24) is 15.3 Å². The molecule has 0 bridgehead atoms. The standard InChI is InChI=1S/C9H14N4OS/c1-10-8-6-12-7(5-13-8)9(14)11-3-4-15-2/h5-6H,3-4H2,1-2H3,(H,10,13)(H,11,14). The molecule has 0 aliphatic heterocycles. The maximum absolute atomic E-state index is 11.5. The Morgan fingerprint density at radius 3 is 2.80 bits per heavy atom. The molecule has 0 unspecified atom stereocenters. The zero-order valence-electron chi connectivity index (χ0n) is 8.78. The van der Waals surface area contributed by atoms with E-state index in [4.69, 9.17) is 0 Å². The van der Waals surface area contributed by atoms with Gasteiger partial charge in [0.25, 0.3) is 5.91 Å². The highest BCUT2D eigenvalue weighted by Gasteiger charge is 2.06. The number of carbonyl (C=O) groups excluding carboxylic acids is 1. The van der Waals surface area contributed by atoms with Crippen LogP contribution in [0.1, 0.15) is 10.5 Å². The molecule has 1 rings (SSSR count). The molecule has 0 aromatic carbocycles. The third-order valence-electron chi connectivity index (χ3n) is 1.73. The van der Waals surface area contributed by atoms with E-state index < -0.39 is 0 Å². The predicted octanol–water partition coefficient (Wildman–Crippen LogP) is 0.611. The Hall–Kier alpha value is -1.30. The highest BCUT2D eigenvalue weighted by atomic mass is 32.2. The van der Waals surface area contributed by atoms with Crippen molar-refractivity contribution < 1.29 is 4.79 Å². The molecule has 5 nitrogen and oxygen atoms in total. The number of aromatic nitrogens is 2. The molecular weight excluding hydrogens is 212 g/mol. The van der Waals surface area contributed by atoms with Gasteiger partial charge in [-0.2, -0.15) is 11.8 Å². The fourth-order valence-electron chi connectivity index (χ4n) is 0.932. The number of nitrogens with one attached hydrogen (secondary N) is 2. The first-order valence-electron chi connectivity index (χ1n) is 4.55. The number of carbonyl (C=O) groups is 1. The average molecular weight is 226 g/mol. The van der Waals surface area contributed by atoms with Crippen LogP contribution in [-0.4, -0.2) is 41.5 Å². The first-order valence-corrected chi connectivity index (χ1v) is 5.94. The lowest BCUT2D eigenvalue weighted by molar-refractivity contribution is 0.0951. The maximum Gasteiger partial charge on any atom is 0.271 e. The molecule has 0 radical (unpaired) electrons. The van der Waals surface area contributed by atoms with Crippen LogP contribution >= 0.6 is 11.8 Å². The van der Waals surface area contributed by atoms with Gasteiger partial charge in [-0.3, -0.25) is 4.79 Å². The van der Waals surface area contributed by atoms with Gasteiger partial charge in [0.05, 0.1) is 12.4 Å². The van der Waals surface area contributed by atoms with E-state index in [1.54, 1.807) is 18.8 Å². The van der Waals surface area contributed by atoms with E-state index in [0.717, 1.165) is 5.75 Å². The predicted molar refractivity (Wildman–Crippen MR) is 62.3 cm³/mol. The van der Waals surface area contributed by atoms with Gasteiger partial charge < -0.3 is 10.6 Å². The molecule has 0 saturated heterocycles. The minimum absolute atomic E-state index is 0.181. The lowest BCUT2D eigenvalue weighted by Crippen LogP contribution is -2.26. The number of anilines is 1. The van der Waals surface area contributed by atoms with Crippen LogP contribution < -0.4 is 10.6 Å². The molecule has 1 heterocycles. The number of thioether (sulfide) groups is 1. The van der Waals surface area contributed by atoms with E-state index in [0.29, 0.717) is 18.1 Å². The Bertz CT molecular complexity index is 314. The summed E-state index contributed by atoms with van der Waals surface area (Å²) in [7, 11) is 1.75. The fraction of sp³-hybridized carbons (Fsp3) is 0.444. The van der Waals surface area contributed by atoms with Crippen molar-refractivity contribution in [2.24, 2.45) is 0 Å². The minimum Gasteiger partial charge on any atom is -0.372 e. The highest BCUT2D eigenvalue weighted by molar-refractivity contribution is 7.98. The Kier molecular flexibility index (Phi) is 4.89. The summed E-state index contributed by atoms with van der Waals surface area (Å²) in [5.41, 5.74) is 0.343. The first kappa shape index (κ1) is 11.8. The van der Waals surface area contributed by atoms with Crippen molar-refractivity contribution in [3.05, 3.63) is 18.1 Å². The monoisotopic (exact) mass is 226 g/mol. The van der Waals surface area contributed by atoms with Crippen LogP contribution in [0.2, 0.25) is 0 Å². The fourth-order valence-corrected chi connectivity index (χ4v) is 1.24. The second-order valence-corrected chi connectivity index (χ2v) is 3.77. The number of rotatable bonds is 5. The van der Waals surface area contributed by atoms with Crippen molar-refractivity contribution in [2.45, 2.75) is 0 Å². The van der Waals surface area contributed by atoms with Gasteiger partial charge in [-0.25, -0.2) is 9.97 Å². The van der Waals surface area contributed by atoms with Crippen LogP contribution in [0.25, 0.3) is 0 Å². The van der Waals surface area contributed by atoms with E-state index in [1.165, 1.54) is 12.4 Å². The SMILES string of the molecule is CNc1cnc(C(=O)NCCSC)cn1. The molecule has 82 valence electrons. The van der Waals surface area contributed by atoms with Crippen LogP contribution in [0.5, 0.6) is 0 Å². The van der Waals surface area contributed by atoms with Gasteiger partial charge in [-0.1, -0.05) is 0 Å². The summed E-state index contributed by atoms with van der Waals surface area (Å²) in [6.45, 7) is 0.648. The summed E-state index contributed by atoms with van der Waals surface area (Å²) >= 11 is 1.68. The van der Waals surface area contributed by atoms with Crippen LogP contribution in [-0.2, 0) is 0 Å². The van der Waals surface area contributed by atoms with E-state index in [1.807, 2.05) is 6.26 Å². The normalized spacial score (nSPS) is 9.73. The Labute approximate surface area is 93.1 Å². The molecule has 0 spiro atoms. The van der Waals surface area contributed by atoms with Gasteiger partial charge >= 0.3 is 0 Å². The van der Waals surface area contributed by atoms with Crippen molar-refractivity contribution in [3.8, 4) is 0 Å². The van der Waals surface area contributed by atoms with E-state index >= 15 is 0 Å². The largest absolute Gasteiger partial charge is 0.372 e. The molecule has 1 amide bonds. The molecule has 1 aromatic rings. The second-order valence-electron chi connectivity index (χ2n) is 2.79. The number of hydrogen-bond donors (Lipinski definition) is 2. The van der Waals surface area contributed by atoms with Crippen LogP contribution in [0.4, 0.5) is 5.82 Å². The summed E-state index contributed by atoms with van der Waals surface area (Å²) in [6, 6.07) is 0. The zero-order valence-corrected chi connectivity index (χ0v) is 9.60. The Morgan fingerprint density at radius 2 is 2.27 bits per heavy atom. The molecule has 0 aliphatic carbocycles. The van der Waals surface area contributed by atoms with Gasteiger partial charge in [0, 0.05) is 19.3 Å². The molecule has 0 aliphatic rings. The van der Waals surface area contributed by atoms with Crippen molar-refractivity contribution >= 4 is 23.5 Å². The third-order valence-corrected chi connectivity index (χ3v) is 2.34. The summed E-state index contributed by atoms with van der Waals surface area (Å²) < 4.78 is 0. The number of amides is 1. The summed E-state index contributed by atoms with van der Waals surface area (Å²) in [5, 5.41) is 5.59. The zero-order chi connectivity index (χ0) is 11.1. The second kappa shape index (κ2) is 6.23. The maximum atomic E-state index is 11.5. The van der Waals surface area contributed by atoms with Gasteiger partial charge in [0.2, 0.25) is 0 Å². The average Bonchev–Trinajstić information content (AvgIpc) is 2.29. The minimum atomic E-state index is -0.181. The van der Waals surface area contributed by atoms with Crippen LogP contribution in [0.3, 0.4) is 0 Å². The Morgan fingerprint density at radius 1 is 1.47 bits per heavy atom. The highest BCUT2D eigenvalue weighted by Crippen LogP contribution is 1.99. The Balaban J connectivity index is 2.50. The van der Waals surface area contributed by atoms with Crippen molar-refractivity contribution in [1.29, 1.82) is 0 Å². The van der Waals surface area contributed by atoms with E-state index in [9.17, 15) is 4.79 Å². The molecule has 0 saturated carbocycles. The molecule has 0 fully saturated rings. The molecular formula is C9H14N4OS. The topological polar surface area (TPSA) is 66.9 Å². The van der Waals surface area contributed by atoms with E-state index in [-0.39, 0.29) is 5.91 Å². The van der Waals surface area contributed by atoms with Gasteiger partial charge in [-0.05, 0) is 6.26 Å². The summed E-state index contributed by atoms with van der Waals surface area (Å²) in [4.78, 5) is 19.5. The van der Waals surface area contributed by atoms with Gasteiger partial charge in [-0.15, -0.1) is 0 Å². The third kappa shape index (κ3) is 3.75. The van der Waals surface area contributed by atoms with Crippen molar-refractivity contribution in [2.75, 3.05) is 30.9 Å². The lowest BCUT2D eigenvalue weighted by Gasteiger charge is -2.03. The first-order chi connectivity index (χ1) is 7.27. The molecule has 15 heavy (non-hydrogen) atoms. The number of hydrogen-bond acceptors (Lipinski definition) is 5. The smallest absolute Gasteiger partial charge is 0.271 e. The summed E-state index contributed by atoms with van der Waals surface area (Å²) in [6.07, 6.45) is 4.98. The lowest BCUT2D eigenvalue weighted by atomic mass is 10.4. The molecule has 6 heteroatoms. The quantitative estimate of drug-likeness (QED) is 0.720. The van der Waals surface area contributed by atoms with Gasteiger partial charge in [0.15, 0.2) is 0 Å². The molecule has 2 N–H and O–H groups in total. The van der Waals surface area contributed by atoms with Crippen molar-refractivity contribution in [3.63, 3.8) is 0 Å².